The van der Waals surface area contributed by atoms with E-state index >= 15 is 0 Å². The van der Waals surface area contributed by atoms with Crippen molar-refractivity contribution in [1.29, 1.82) is 0 Å². The van der Waals surface area contributed by atoms with E-state index in [2.05, 4.69) is 0 Å². The fraction of sp³-hybridized carbons (Fsp3) is 0.294. The van der Waals surface area contributed by atoms with Gasteiger partial charge in [-0.15, -0.1) is 0 Å². The van der Waals surface area contributed by atoms with Crippen molar-refractivity contribution in [3.8, 4) is 5.75 Å². The quantitative estimate of drug-likeness (QED) is 0.645. The van der Waals surface area contributed by atoms with Crippen molar-refractivity contribution in [3.05, 3.63) is 65.2 Å². The lowest BCUT2D eigenvalue weighted by Gasteiger charge is -2.14. The molecule has 0 aliphatic carbocycles. The Labute approximate surface area is 119 Å². The van der Waals surface area contributed by atoms with Gasteiger partial charge in [-0.3, -0.25) is 0 Å². The molecule has 0 aliphatic heterocycles. The van der Waals surface area contributed by atoms with Crippen LogP contribution < -0.4 is 4.74 Å². The lowest BCUT2D eigenvalue weighted by Crippen LogP contribution is -2.06. The second kappa shape index (κ2) is 7.08. The van der Waals surface area contributed by atoms with E-state index in [0.717, 1.165) is 16.7 Å². The highest BCUT2D eigenvalue weighted by Gasteiger charge is 2.09. The first-order valence-electron chi connectivity index (χ1n) is 6.70. The normalized spacial score (nSPS) is 12.2. The van der Waals surface area contributed by atoms with Gasteiger partial charge in [-0.05, 0) is 31.0 Å². The van der Waals surface area contributed by atoms with E-state index in [0.29, 0.717) is 12.4 Å². The molecule has 3 heteroatoms. The summed E-state index contributed by atoms with van der Waals surface area (Å²) < 4.78 is 11.1. The molecular weight excluding hydrogens is 252 g/mol. The molecule has 0 spiro atoms. The molecule has 2 aromatic rings. The Kier molecular flexibility index (Phi) is 5.16. The van der Waals surface area contributed by atoms with E-state index in [-0.39, 0.29) is 6.79 Å². The highest BCUT2D eigenvalue weighted by atomic mass is 16.7. The van der Waals surface area contributed by atoms with Crippen molar-refractivity contribution >= 4 is 0 Å². The van der Waals surface area contributed by atoms with Crippen LogP contribution >= 0.6 is 0 Å². The number of ether oxygens (including phenoxy) is 2. The largest absolute Gasteiger partial charge is 0.467 e. The molecule has 2 rings (SSSR count). The van der Waals surface area contributed by atoms with Gasteiger partial charge in [0.25, 0.3) is 0 Å². The van der Waals surface area contributed by atoms with Crippen LogP contribution in [0.1, 0.15) is 29.7 Å². The zero-order valence-electron chi connectivity index (χ0n) is 11.9. The maximum absolute atomic E-state index is 9.71. The molecule has 3 nitrogen and oxygen atoms in total. The van der Waals surface area contributed by atoms with Gasteiger partial charge in [0.05, 0.1) is 12.7 Å². The van der Waals surface area contributed by atoms with Crippen LogP contribution in [0.4, 0.5) is 0 Å². The van der Waals surface area contributed by atoms with E-state index < -0.39 is 6.10 Å². The molecule has 0 aliphatic rings. The third kappa shape index (κ3) is 4.08. The SMILES string of the molecule is Cc1ccc([C@@H](C)O)c(OCOCc2ccccc2)c1. The minimum absolute atomic E-state index is 0.165. The topological polar surface area (TPSA) is 38.7 Å². The Balaban J connectivity index is 1.89. The predicted molar refractivity (Wildman–Crippen MR) is 78.5 cm³/mol. The predicted octanol–water partition coefficient (Wildman–Crippen LogP) is 3.60. The number of rotatable bonds is 6. The molecule has 0 amide bonds. The maximum atomic E-state index is 9.71. The van der Waals surface area contributed by atoms with Crippen molar-refractivity contribution in [3.63, 3.8) is 0 Å². The van der Waals surface area contributed by atoms with Crippen LogP contribution in [0.2, 0.25) is 0 Å². The second-order valence-electron chi connectivity index (χ2n) is 4.81. The van der Waals surface area contributed by atoms with Gasteiger partial charge in [-0.25, -0.2) is 0 Å². The van der Waals surface area contributed by atoms with Gasteiger partial charge < -0.3 is 14.6 Å². The van der Waals surface area contributed by atoms with E-state index in [1.165, 1.54) is 0 Å². The van der Waals surface area contributed by atoms with E-state index in [1.54, 1.807) is 6.92 Å². The Hall–Kier alpha value is -1.84. The molecule has 0 unspecified atom stereocenters. The van der Waals surface area contributed by atoms with Crippen molar-refractivity contribution in [2.45, 2.75) is 26.6 Å². The van der Waals surface area contributed by atoms with Gasteiger partial charge in [0.1, 0.15) is 5.75 Å². The first kappa shape index (κ1) is 14.6. The van der Waals surface area contributed by atoms with Gasteiger partial charge in [-0.1, -0.05) is 42.5 Å². The van der Waals surface area contributed by atoms with Crippen molar-refractivity contribution in [2.75, 3.05) is 6.79 Å². The van der Waals surface area contributed by atoms with Gasteiger partial charge in [-0.2, -0.15) is 0 Å². The number of hydrogen-bond donors (Lipinski definition) is 1. The van der Waals surface area contributed by atoms with Gasteiger partial charge in [0, 0.05) is 5.56 Å². The smallest absolute Gasteiger partial charge is 0.189 e. The Bertz CT molecular complexity index is 535. The molecule has 0 radical (unpaired) electrons. The average molecular weight is 272 g/mol. The summed E-state index contributed by atoms with van der Waals surface area (Å²) in [5, 5.41) is 9.71. The minimum Gasteiger partial charge on any atom is -0.467 e. The summed E-state index contributed by atoms with van der Waals surface area (Å²) in [5.74, 6) is 0.674. The van der Waals surface area contributed by atoms with Gasteiger partial charge in [0.15, 0.2) is 6.79 Å². The summed E-state index contributed by atoms with van der Waals surface area (Å²) in [5.41, 5.74) is 2.97. The minimum atomic E-state index is -0.556. The number of hydrogen-bond acceptors (Lipinski definition) is 3. The first-order chi connectivity index (χ1) is 9.66. The van der Waals surface area contributed by atoms with Crippen molar-refractivity contribution in [1.82, 2.24) is 0 Å². The molecule has 0 bridgehead atoms. The highest BCUT2D eigenvalue weighted by molar-refractivity contribution is 5.38. The molecule has 2 aromatic carbocycles. The lowest BCUT2D eigenvalue weighted by atomic mass is 10.1. The number of aryl methyl sites for hydroxylation is 1. The first-order valence-corrected chi connectivity index (χ1v) is 6.70. The fourth-order valence-corrected chi connectivity index (χ4v) is 1.95. The highest BCUT2D eigenvalue weighted by Crippen LogP contribution is 2.26. The van der Waals surface area contributed by atoms with Crippen LogP contribution in [0.15, 0.2) is 48.5 Å². The molecule has 0 fully saturated rings. The Morgan fingerprint density at radius 1 is 1.10 bits per heavy atom. The van der Waals surface area contributed by atoms with Crippen LogP contribution in [-0.2, 0) is 11.3 Å². The zero-order chi connectivity index (χ0) is 14.4. The summed E-state index contributed by atoms with van der Waals surface area (Å²) in [7, 11) is 0. The van der Waals surface area contributed by atoms with Crippen LogP contribution in [-0.4, -0.2) is 11.9 Å². The molecule has 0 heterocycles. The van der Waals surface area contributed by atoms with Gasteiger partial charge in [0.2, 0.25) is 0 Å². The summed E-state index contributed by atoms with van der Waals surface area (Å²) in [6, 6.07) is 15.7. The monoisotopic (exact) mass is 272 g/mol. The summed E-state index contributed by atoms with van der Waals surface area (Å²) in [6.45, 7) is 4.39. The van der Waals surface area contributed by atoms with E-state index in [1.807, 2.05) is 55.5 Å². The molecule has 106 valence electrons. The molecule has 0 saturated carbocycles. The Morgan fingerprint density at radius 3 is 2.55 bits per heavy atom. The summed E-state index contributed by atoms with van der Waals surface area (Å²) >= 11 is 0. The van der Waals surface area contributed by atoms with Crippen LogP contribution in [0, 0.1) is 6.92 Å². The number of aliphatic hydroxyl groups excluding tert-OH is 1. The van der Waals surface area contributed by atoms with Gasteiger partial charge >= 0.3 is 0 Å². The second-order valence-corrected chi connectivity index (χ2v) is 4.81. The fourth-order valence-electron chi connectivity index (χ4n) is 1.95. The molecule has 20 heavy (non-hydrogen) atoms. The van der Waals surface area contributed by atoms with Crippen LogP contribution in [0.25, 0.3) is 0 Å². The maximum Gasteiger partial charge on any atom is 0.189 e. The summed E-state index contributed by atoms with van der Waals surface area (Å²) in [4.78, 5) is 0. The lowest BCUT2D eigenvalue weighted by molar-refractivity contribution is 0.00340. The van der Waals surface area contributed by atoms with Crippen molar-refractivity contribution < 1.29 is 14.6 Å². The average Bonchev–Trinajstić information content (AvgIpc) is 2.44. The number of benzene rings is 2. The van der Waals surface area contributed by atoms with E-state index in [9.17, 15) is 5.11 Å². The zero-order valence-corrected chi connectivity index (χ0v) is 11.9. The number of aliphatic hydroxyl groups is 1. The standard InChI is InChI=1S/C17H20O3/c1-13-8-9-16(14(2)18)17(10-13)20-12-19-11-15-6-4-3-5-7-15/h3-10,14,18H,11-12H2,1-2H3/t14-/m1/s1. The van der Waals surface area contributed by atoms with Crippen LogP contribution in [0.3, 0.4) is 0 Å². The molecular formula is C17H20O3. The van der Waals surface area contributed by atoms with E-state index in [4.69, 9.17) is 9.47 Å². The molecule has 0 saturated heterocycles. The molecule has 1 N–H and O–H groups in total. The third-order valence-corrected chi connectivity index (χ3v) is 3.03. The third-order valence-electron chi connectivity index (χ3n) is 3.03. The van der Waals surface area contributed by atoms with Crippen LogP contribution in [0.5, 0.6) is 5.75 Å². The summed E-state index contributed by atoms with van der Waals surface area (Å²) in [6.07, 6.45) is -0.556. The molecule has 1 atom stereocenters. The van der Waals surface area contributed by atoms with Crippen molar-refractivity contribution in [2.24, 2.45) is 0 Å². The Morgan fingerprint density at radius 2 is 1.85 bits per heavy atom. The molecule has 0 aromatic heterocycles.